The third-order valence-electron chi connectivity index (χ3n) is 16.8. The summed E-state index contributed by atoms with van der Waals surface area (Å²) in [4.78, 5) is 161. The molecule has 4 aliphatic heterocycles. The van der Waals surface area contributed by atoms with Gasteiger partial charge in [-0.25, -0.2) is 4.98 Å². The van der Waals surface area contributed by atoms with E-state index >= 15 is 9.59 Å². The number of hydrogen-bond acceptors (Lipinski definition) is 14. The number of para-hydroxylation sites is 1. The molecule has 88 heavy (non-hydrogen) atoms. The van der Waals surface area contributed by atoms with Gasteiger partial charge >= 0.3 is 0 Å². The number of aliphatic hydroxyl groups excluding tert-OH is 1. The summed E-state index contributed by atoms with van der Waals surface area (Å²) in [6.45, 7) is 5.55. The lowest BCUT2D eigenvalue weighted by Crippen LogP contribution is -2.62. The molecule has 9 atom stereocenters. The molecule has 0 radical (unpaired) electrons. The highest BCUT2D eigenvalue weighted by atomic mass is 16.3. The average Bonchev–Trinajstić information content (AvgIpc) is 2.38. The Kier molecular flexibility index (Phi) is 21.8. The van der Waals surface area contributed by atoms with E-state index in [-0.39, 0.29) is 107 Å². The van der Waals surface area contributed by atoms with Crippen LogP contribution in [0.4, 0.5) is 0 Å². The summed E-state index contributed by atoms with van der Waals surface area (Å²) in [5, 5.41) is 40.9. The van der Waals surface area contributed by atoms with Gasteiger partial charge in [0.1, 0.15) is 59.6 Å². The first kappa shape index (κ1) is 64.9. The van der Waals surface area contributed by atoms with Gasteiger partial charge in [-0.1, -0.05) is 44.2 Å². The van der Waals surface area contributed by atoms with E-state index in [0.717, 1.165) is 10.9 Å². The number of amides is 10. The second-order valence-electron chi connectivity index (χ2n) is 23.4. The summed E-state index contributed by atoms with van der Waals surface area (Å²) in [6, 6.07) is 3.41. The zero-order valence-corrected chi connectivity index (χ0v) is 49.8. The van der Waals surface area contributed by atoms with E-state index < -0.39 is 108 Å². The summed E-state index contributed by atoms with van der Waals surface area (Å²) < 4.78 is 0. The smallest absolute Gasteiger partial charge is 0.249 e. The minimum Gasteiger partial charge on any atom is -0.508 e. The van der Waals surface area contributed by atoms with E-state index in [4.69, 9.17) is 11.5 Å². The molecular formula is C60H82N16O12. The predicted molar refractivity (Wildman–Crippen MR) is 321 cm³/mol. The molecule has 4 aliphatic rings. The van der Waals surface area contributed by atoms with Crippen molar-refractivity contribution in [1.29, 1.82) is 0 Å². The third kappa shape index (κ3) is 15.7. The molecule has 474 valence electrons. The quantitative estimate of drug-likeness (QED) is 0.0175. The van der Waals surface area contributed by atoms with Crippen LogP contribution < -0.4 is 48.7 Å². The zero-order valence-electron chi connectivity index (χ0n) is 49.8. The van der Waals surface area contributed by atoms with Crippen molar-refractivity contribution < 1.29 is 58.2 Å². The van der Waals surface area contributed by atoms with Gasteiger partial charge in [-0.3, -0.25) is 52.9 Å². The predicted octanol–water partition coefficient (Wildman–Crippen LogP) is -1.49. The lowest BCUT2D eigenvalue weighted by atomic mass is 9.92. The fraction of sp³-hybridized carbons (Fsp3) is 0.533. The maximum atomic E-state index is 15.3. The number of likely N-dealkylation sites (N-methyl/N-ethyl adjacent to an activating group) is 1. The number of likely N-dealkylation sites (tertiary alicyclic amines) is 3. The Labute approximate surface area is 508 Å². The van der Waals surface area contributed by atoms with Crippen LogP contribution in [-0.4, -0.2) is 198 Å². The molecule has 2 aromatic heterocycles. The molecule has 0 bridgehead atoms. The van der Waals surface area contributed by atoms with Gasteiger partial charge in [0.25, 0.3) is 0 Å². The second kappa shape index (κ2) is 29.5. The Morgan fingerprint density at radius 2 is 1.48 bits per heavy atom. The Morgan fingerprint density at radius 1 is 0.773 bits per heavy atom. The van der Waals surface area contributed by atoms with Gasteiger partial charge in [0.2, 0.25) is 59.1 Å². The molecule has 28 nitrogen and oxygen atoms in total. The van der Waals surface area contributed by atoms with Crippen LogP contribution >= 0.6 is 0 Å². The number of aromatic nitrogens is 3. The molecule has 0 aliphatic carbocycles. The van der Waals surface area contributed by atoms with E-state index in [2.05, 4.69) is 57.2 Å². The van der Waals surface area contributed by atoms with Crippen molar-refractivity contribution in [2.75, 3.05) is 39.3 Å². The number of aromatic amines is 2. The van der Waals surface area contributed by atoms with E-state index in [1.165, 1.54) is 39.4 Å². The van der Waals surface area contributed by atoms with Gasteiger partial charge in [-0.2, -0.15) is 0 Å². The molecule has 4 aromatic rings. The normalized spacial score (nSPS) is 20.2. The lowest BCUT2D eigenvalue weighted by molar-refractivity contribution is -0.151. The Bertz CT molecular complexity index is 3200. The lowest BCUT2D eigenvalue weighted by Gasteiger charge is -2.37. The summed E-state index contributed by atoms with van der Waals surface area (Å²) in [5.41, 5.74) is 12.0. The number of rotatable bonds is 28. The first-order valence-electron chi connectivity index (χ1n) is 30.2. The number of aromatic hydroxyl groups is 1. The van der Waals surface area contributed by atoms with E-state index in [0.29, 0.717) is 55.6 Å². The van der Waals surface area contributed by atoms with Crippen LogP contribution in [-0.2, 0) is 67.2 Å². The Hall–Kier alpha value is -9.08. The van der Waals surface area contributed by atoms with Crippen LogP contribution in [0.3, 0.4) is 0 Å². The number of phenols is 1. The van der Waals surface area contributed by atoms with Crippen LogP contribution in [0.1, 0.15) is 102 Å². The molecule has 0 saturated carbocycles. The maximum absolute atomic E-state index is 15.3. The molecule has 8 rings (SSSR count). The SMILES string of the molecule is CCNC(=O)[C@@H]1CCCN1C(=O)[C@H](CCCN=C(N)N)NC(=O)[C@H](CC(C)C)N1CC[C@@]2(CCCN2C(=O)[C@H](Cc2ccc(O)cc2)NC(=O)[C@H](CO)NC(=O)[C@H](Cc2c[nH]c3ccccc23)NC(=O)[C@H](Cc2cnc[nH]2)NC(=O)[C@@H]2CCC(=O)N2)C1=O. The zero-order chi connectivity index (χ0) is 63.2. The minimum absolute atomic E-state index is 0.0563. The number of guanidine groups is 1. The van der Waals surface area contributed by atoms with Gasteiger partial charge in [-0.05, 0) is 100.0 Å². The van der Waals surface area contributed by atoms with Gasteiger partial charge in [0.15, 0.2) is 5.96 Å². The number of imidazole rings is 1. The standard InChI is InChI=1S/C60H82N16O12/c1-4-64-54(84)47-13-8-23-74(47)56(86)42(12-7-22-65-59(61)62)69-55(85)48(26-34(2)3)75-25-21-60(58(75)88)20-9-24-76(60)57(87)45(27-35-14-16-38(78)17-15-35)72-53(83)46(32-77)73-51(81)43(28-36-30-66-40-11-6-5-10-39(36)40)70-52(82)44(29-37-31-63-33-67-37)71-50(80)41-18-19-49(79)68-41/h5-6,10-11,14-17,30-31,33-34,41-48,66,77-78H,4,7-9,12-13,18-29,32H2,1-3H3,(H,63,67)(H,64,84)(H,68,79)(H,69,85)(H,70,82)(H,71,80)(H,72,83)(H,73,81)(H4,61,62,65)/t41-,42-,43-,44-,45-,46-,47-,48-,60-/m0/s1. The number of phenolic OH excluding ortho intramolecular Hbond substituents is 1. The summed E-state index contributed by atoms with van der Waals surface area (Å²) in [5.74, 6) is -6.53. The number of fused-ring (bicyclic) bond motifs is 1. The molecule has 0 unspecified atom stereocenters. The number of benzene rings is 2. The van der Waals surface area contributed by atoms with E-state index in [1.54, 1.807) is 31.3 Å². The Balaban J connectivity index is 1.02. The second-order valence-corrected chi connectivity index (χ2v) is 23.4. The number of nitrogens with one attached hydrogen (secondary N) is 9. The minimum atomic E-state index is -1.73. The van der Waals surface area contributed by atoms with Crippen LogP contribution in [0.25, 0.3) is 10.9 Å². The molecule has 1 spiro atoms. The molecule has 6 heterocycles. The first-order chi connectivity index (χ1) is 42.2. The van der Waals surface area contributed by atoms with Gasteiger partial charge < -0.3 is 83.6 Å². The number of nitrogens with zero attached hydrogens (tertiary/aromatic N) is 5. The average molecular weight is 1220 g/mol. The number of nitrogens with two attached hydrogens (primary N) is 2. The van der Waals surface area contributed by atoms with Crippen molar-refractivity contribution in [3.05, 3.63) is 84.1 Å². The monoisotopic (exact) mass is 1220 g/mol. The summed E-state index contributed by atoms with van der Waals surface area (Å²) >= 11 is 0. The van der Waals surface area contributed by atoms with Crippen LogP contribution in [0.5, 0.6) is 5.75 Å². The topological polar surface area (TPSA) is 414 Å². The van der Waals surface area contributed by atoms with E-state index in [1.807, 2.05) is 32.0 Å². The van der Waals surface area contributed by atoms with Crippen LogP contribution in [0, 0.1) is 5.92 Å². The highest BCUT2D eigenvalue weighted by Gasteiger charge is 2.58. The fourth-order valence-electron chi connectivity index (χ4n) is 12.3. The third-order valence-corrected chi connectivity index (χ3v) is 16.8. The van der Waals surface area contributed by atoms with Crippen molar-refractivity contribution in [2.45, 2.75) is 158 Å². The maximum Gasteiger partial charge on any atom is 0.249 e. The van der Waals surface area contributed by atoms with Gasteiger partial charge in [-0.15, -0.1) is 0 Å². The van der Waals surface area contributed by atoms with Gasteiger partial charge in [0, 0.05) is 87.4 Å². The number of carbonyl (C=O) groups is 10. The molecule has 10 amide bonds. The van der Waals surface area contributed by atoms with E-state index in [9.17, 15) is 48.6 Å². The van der Waals surface area contributed by atoms with Crippen molar-refractivity contribution >= 4 is 75.9 Å². The number of hydrogen-bond donors (Lipinski definition) is 13. The van der Waals surface area contributed by atoms with Crippen LogP contribution in [0.15, 0.2) is 72.2 Å². The summed E-state index contributed by atoms with van der Waals surface area (Å²) in [6.07, 6.45) is 6.76. The largest absolute Gasteiger partial charge is 0.508 e. The first-order valence-corrected chi connectivity index (χ1v) is 30.2. The molecule has 15 N–H and O–H groups in total. The highest BCUT2D eigenvalue weighted by Crippen LogP contribution is 2.41. The molecular weight excluding hydrogens is 1140 g/mol. The van der Waals surface area contributed by atoms with Crippen molar-refractivity contribution in [3.63, 3.8) is 0 Å². The molecule has 2 aromatic carbocycles. The molecule has 4 saturated heterocycles. The Morgan fingerprint density at radius 3 is 2.16 bits per heavy atom. The fourth-order valence-corrected chi connectivity index (χ4v) is 12.3. The molecule has 28 heteroatoms. The number of aliphatic imine (C=N–C) groups is 1. The van der Waals surface area contributed by atoms with Gasteiger partial charge in [0.05, 0.1) is 12.9 Å². The number of carbonyl (C=O) groups excluding carboxylic acids is 10. The van der Waals surface area contributed by atoms with Crippen LogP contribution in [0.2, 0.25) is 0 Å². The number of H-pyrrole nitrogens is 2. The summed E-state index contributed by atoms with van der Waals surface area (Å²) in [7, 11) is 0. The molecule has 4 fully saturated rings. The van der Waals surface area contributed by atoms with Crippen molar-refractivity contribution in [1.82, 2.24) is 66.9 Å². The van der Waals surface area contributed by atoms with Crippen molar-refractivity contribution in [3.8, 4) is 5.75 Å². The highest BCUT2D eigenvalue weighted by molar-refractivity contribution is 6.01. The van der Waals surface area contributed by atoms with Crippen molar-refractivity contribution in [2.24, 2.45) is 22.4 Å². The number of aliphatic hydroxyl groups is 1.